The van der Waals surface area contributed by atoms with E-state index in [1.165, 1.54) is 11.3 Å². The van der Waals surface area contributed by atoms with Crippen LogP contribution >= 0.6 is 11.3 Å². The van der Waals surface area contributed by atoms with Crippen molar-refractivity contribution in [3.05, 3.63) is 107 Å². The summed E-state index contributed by atoms with van der Waals surface area (Å²) >= 11 is 1.48. The molecule has 4 aromatic rings. The lowest BCUT2D eigenvalue weighted by molar-refractivity contribution is 0.0939. The van der Waals surface area contributed by atoms with Gasteiger partial charge in [-0.2, -0.15) is 0 Å². The average molecular weight is 399 g/mol. The van der Waals surface area contributed by atoms with Crippen LogP contribution in [0.5, 0.6) is 0 Å². The first-order valence-corrected chi connectivity index (χ1v) is 9.93. The Hall–Kier alpha value is -3.64. The van der Waals surface area contributed by atoms with Crippen LogP contribution in [-0.4, -0.2) is 21.7 Å². The molecule has 29 heavy (non-hydrogen) atoms. The molecule has 0 aliphatic heterocycles. The number of pyridine rings is 1. The van der Waals surface area contributed by atoms with E-state index in [1.54, 1.807) is 54.7 Å². The number of ketones is 1. The van der Waals surface area contributed by atoms with E-state index in [2.05, 4.69) is 15.3 Å². The van der Waals surface area contributed by atoms with Gasteiger partial charge in [-0.05, 0) is 18.2 Å². The number of thiazole rings is 1. The van der Waals surface area contributed by atoms with E-state index < -0.39 is 0 Å². The molecule has 0 bridgehead atoms. The Kier molecular flexibility index (Phi) is 5.54. The highest BCUT2D eigenvalue weighted by molar-refractivity contribution is 7.13. The fraction of sp³-hybridized carbons (Fsp3) is 0.0435. The van der Waals surface area contributed by atoms with E-state index in [9.17, 15) is 9.59 Å². The van der Waals surface area contributed by atoms with Gasteiger partial charge in [0.15, 0.2) is 5.78 Å². The summed E-state index contributed by atoms with van der Waals surface area (Å²) < 4.78 is 0. The van der Waals surface area contributed by atoms with Crippen molar-refractivity contribution in [3.8, 4) is 10.7 Å². The van der Waals surface area contributed by atoms with Gasteiger partial charge in [0.1, 0.15) is 5.01 Å². The van der Waals surface area contributed by atoms with Gasteiger partial charge in [0.25, 0.3) is 5.91 Å². The third kappa shape index (κ3) is 4.28. The molecule has 142 valence electrons. The second-order valence-corrected chi connectivity index (χ2v) is 7.14. The standard InChI is InChI=1S/C23H17N3O2S/c27-21(16-8-2-1-3-9-16)18-10-4-5-11-19(18)22(28)25-14-17-15-29-23(26-17)20-12-6-7-13-24-20/h1-13,15H,14H2,(H,25,28). The number of amides is 1. The zero-order valence-corrected chi connectivity index (χ0v) is 16.2. The van der Waals surface area contributed by atoms with Crippen LogP contribution in [-0.2, 0) is 6.54 Å². The number of carbonyl (C=O) groups excluding carboxylic acids is 2. The van der Waals surface area contributed by atoms with Crippen LogP contribution in [0, 0.1) is 0 Å². The van der Waals surface area contributed by atoms with E-state index in [4.69, 9.17) is 0 Å². The van der Waals surface area contributed by atoms with Gasteiger partial charge in [-0.15, -0.1) is 11.3 Å². The number of aromatic nitrogens is 2. The number of carbonyl (C=O) groups is 2. The molecule has 5 nitrogen and oxygen atoms in total. The molecule has 2 aromatic heterocycles. The topological polar surface area (TPSA) is 72.0 Å². The fourth-order valence-corrected chi connectivity index (χ4v) is 3.68. The van der Waals surface area contributed by atoms with Crippen LogP contribution in [0.15, 0.2) is 84.4 Å². The number of rotatable bonds is 6. The SMILES string of the molecule is O=C(NCc1csc(-c2ccccn2)n1)c1ccccc1C(=O)c1ccccc1. The van der Waals surface area contributed by atoms with Crippen molar-refractivity contribution in [3.63, 3.8) is 0 Å². The third-order valence-corrected chi connectivity index (χ3v) is 5.23. The van der Waals surface area contributed by atoms with E-state index in [0.29, 0.717) is 16.7 Å². The molecule has 1 amide bonds. The van der Waals surface area contributed by atoms with Gasteiger partial charge in [0.2, 0.25) is 0 Å². The monoisotopic (exact) mass is 399 g/mol. The maximum atomic E-state index is 12.8. The molecule has 2 aromatic carbocycles. The lowest BCUT2D eigenvalue weighted by atomic mass is 9.98. The van der Waals surface area contributed by atoms with Gasteiger partial charge in [-0.3, -0.25) is 14.6 Å². The molecule has 0 radical (unpaired) electrons. The maximum Gasteiger partial charge on any atom is 0.252 e. The molecule has 0 fully saturated rings. The second kappa shape index (κ2) is 8.58. The molecule has 0 saturated heterocycles. The summed E-state index contributed by atoms with van der Waals surface area (Å²) in [5.41, 5.74) is 2.82. The minimum atomic E-state index is -0.308. The van der Waals surface area contributed by atoms with Gasteiger partial charge in [0.05, 0.1) is 23.5 Å². The average Bonchev–Trinajstić information content (AvgIpc) is 3.27. The summed E-state index contributed by atoms with van der Waals surface area (Å²) in [5, 5.41) is 5.55. The Bertz CT molecular complexity index is 1140. The van der Waals surface area contributed by atoms with Crippen LogP contribution in [0.4, 0.5) is 0 Å². The summed E-state index contributed by atoms with van der Waals surface area (Å²) in [6, 6.07) is 21.4. The first-order valence-electron chi connectivity index (χ1n) is 9.05. The molecule has 0 unspecified atom stereocenters. The summed E-state index contributed by atoms with van der Waals surface area (Å²) in [4.78, 5) is 34.4. The highest BCUT2D eigenvalue weighted by Crippen LogP contribution is 2.21. The lowest BCUT2D eigenvalue weighted by Crippen LogP contribution is -2.25. The fourth-order valence-electron chi connectivity index (χ4n) is 2.89. The van der Waals surface area contributed by atoms with Crippen LogP contribution in [0.25, 0.3) is 10.7 Å². The minimum absolute atomic E-state index is 0.178. The summed E-state index contributed by atoms with van der Waals surface area (Å²) in [5.74, 6) is -0.486. The normalized spacial score (nSPS) is 10.5. The predicted molar refractivity (Wildman–Crippen MR) is 113 cm³/mol. The summed E-state index contributed by atoms with van der Waals surface area (Å²) in [6.07, 6.45) is 1.72. The lowest BCUT2D eigenvalue weighted by Gasteiger charge is -2.09. The zero-order chi connectivity index (χ0) is 20.1. The molecular formula is C23H17N3O2S. The second-order valence-electron chi connectivity index (χ2n) is 6.28. The Labute approximate surface area is 172 Å². The van der Waals surface area contributed by atoms with Crippen LogP contribution in [0.1, 0.15) is 32.0 Å². The smallest absolute Gasteiger partial charge is 0.252 e. The van der Waals surface area contributed by atoms with Crippen LogP contribution in [0.2, 0.25) is 0 Å². The van der Waals surface area contributed by atoms with Crippen molar-refractivity contribution >= 4 is 23.0 Å². The van der Waals surface area contributed by atoms with E-state index in [-0.39, 0.29) is 18.2 Å². The molecule has 0 spiro atoms. The van der Waals surface area contributed by atoms with Gasteiger partial charge < -0.3 is 5.32 Å². The molecule has 0 aliphatic rings. The number of hydrogen-bond acceptors (Lipinski definition) is 5. The number of nitrogens with one attached hydrogen (secondary N) is 1. The quantitative estimate of drug-likeness (QED) is 0.489. The van der Waals surface area contributed by atoms with Crippen molar-refractivity contribution in [1.82, 2.24) is 15.3 Å². The van der Waals surface area contributed by atoms with Crippen LogP contribution < -0.4 is 5.32 Å². The van der Waals surface area contributed by atoms with Gasteiger partial charge in [0, 0.05) is 22.7 Å². The van der Waals surface area contributed by atoms with Crippen molar-refractivity contribution in [2.75, 3.05) is 0 Å². The molecular weight excluding hydrogens is 382 g/mol. The first kappa shape index (κ1) is 18.7. The minimum Gasteiger partial charge on any atom is -0.346 e. The van der Waals surface area contributed by atoms with E-state index >= 15 is 0 Å². The van der Waals surface area contributed by atoms with E-state index in [0.717, 1.165) is 16.4 Å². The van der Waals surface area contributed by atoms with Gasteiger partial charge >= 0.3 is 0 Å². The number of nitrogens with zero attached hydrogens (tertiary/aromatic N) is 2. The van der Waals surface area contributed by atoms with Crippen molar-refractivity contribution < 1.29 is 9.59 Å². The van der Waals surface area contributed by atoms with E-state index in [1.807, 2.05) is 29.6 Å². The molecule has 6 heteroatoms. The summed E-state index contributed by atoms with van der Waals surface area (Å²) in [6.45, 7) is 0.274. The zero-order valence-electron chi connectivity index (χ0n) is 15.4. The Balaban J connectivity index is 1.49. The molecule has 1 N–H and O–H groups in total. The van der Waals surface area contributed by atoms with Gasteiger partial charge in [-0.1, -0.05) is 54.6 Å². The van der Waals surface area contributed by atoms with Crippen molar-refractivity contribution in [2.24, 2.45) is 0 Å². The number of benzene rings is 2. The summed E-state index contributed by atoms with van der Waals surface area (Å²) in [7, 11) is 0. The first-order chi connectivity index (χ1) is 14.2. The molecule has 4 rings (SSSR count). The highest BCUT2D eigenvalue weighted by Gasteiger charge is 2.18. The third-order valence-electron chi connectivity index (χ3n) is 4.32. The number of hydrogen-bond donors (Lipinski definition) is 1. The molecule has 0 aliphatic carbocycles. The Morgan fingerprint density at radius 1 is 0.862 bits per heavy atom. The molecule has 2 heterocycles. The Morgan fingerprint density at radius 2 is 1.59 bits per heavy atom. The highest BCUT2D eigenvalue weighted by atomic mass is 32.1. The maximum absolute atomic E-state index is 12.8. The van der Waals surface area contributed by atoms with Crippen molar-refractivity contribution in [1.29, 1.82) is 0 Å². The Morgan fingerprint density at radius 3 is 2.34 bits per heavy atom. The largest absolute Gasteiger partial charge is 0.346 e. The van der Waals surface area contributed by atoms with Crippen LogP contribution in [0.3, 0.4) is 0 Å². The molecule has 0 saturated carbocycles. The van der Waals surface area contributed by atoms with Crippen molar-refractivity contribution in [2.45, 2.75) is 6.54 Å². The van der Waals surface area contributed by atoms with Gasteiger partial charge in [-0.25, -0.2) is 4.98 Å². The molecule has 0 atom stereocenters. The predicted octanol–water partition coefficient (Wildman–Crippen LogP) is 4.37.